The summed E-state index contributed by atoms with van der Waals surface area (Å²) >= 11 is 7.97. The molecule has 0 aliphatic heterocycles. The van der Waals surface area contributed by atoms with Gasteiger partial charge in [-0.25, -0.2) is 4.39 Å². The van der Waals surface area contributed by atoms with Crippen LogP contribution in [0.2, 0.25) is 5.02 Å². The molecule has 1 amide bonds. The van der Waals surface area contributed by atoms with Gasteiger partial charge in [0.2, 0.25) is 5.91 Å². The Balaban J connectivity index is 2.08. The average molecular weight is 390 g/mol. The summed E-state index contributed by atoms with van der Waals surface area (Å²) < 4.78 is 13.6. The maximum Gasteiger partial charge on any atom is 0.228 e. The van der Waals surface area contributed by atoms with Crippen LogP contribution in [0.15, 0.2) is 42.5 Å². The van der Waals surface area contributed by atoms with Gasteiger partial charge in [-0.3, -0.25) is 4.79 Å². The van der Waals surface area contributed by atoms with Gasteiger partial charge >= 0.3 is 0 Å². The standard InChI is InChI=1S/C14H10ClFINO/c15-11-4-2-1-3-9(11)7-14(19)18-13-6-5-10(16)8-12(13)17/h1-6,8H,7H2,(H,18,19). The molecule has 0 saturated carbocycles. The van der Waals surface area contributed by atoms with Crippen LogP contribution < -0.4 is 5.32 Å². The molecule has 0 radical (unpaired) electrons. The molecule has 0 heterocycles. The maximum atomic E-state index is 12.9. The summed E-state index contributed by atoms with van der Waals surface area (Å²) in [6, 6.07) is 11.4. The quantitative estimate of drug-likeness (QED) is 0.781. The molecule has 0 aliphatic rings. The predicted octanol–water partition coefficient (Wildman–Crippen LogP) is 4.26. The molecular formula is C14H10ClFINO. The second-order valence-corrected chi connectivity index (χ2v) is 5.51. The number of amides is 1. The average Bonchev–Trinajstić information content (AvgIpc) is 2.36. The van der Waals surface area contributed by atoms with Crippen LogP contribution in [0, 0.1) is 9.39 Å². The summed E-state index contributed by atoms with van der Waals surface area (Å²) in [4.78, 5) is 11.9. The highest BCUT2D eigenvalue weighted by atomic mass is 127. The number of rotatable bonds is 3. The van der Waals surface area contributed by atoms with Crippen LogP contribution >= 0.6 is 34.2 Å². The summed E-state index contributed by atoms with van der Waals surface area (Å²) in [6.45, 7) is 0. The van der Waals surface area contributed by atoms with Crippen LogP contribution in [-0.4, -0.2) is 5.91 Å². The SMILES string of the molecule is O=C(Cc1ccccc1Cl)Nc1ccc(F)cc1I. The van der Waals surface area contributed by atoms with Gasteiger partial charge in [0.25, 0.3) is 0 Å². The number of benzene rings is 2. The van der Waals surface area contributed by atoms with E-state index >= 15 is 0 Å². The molecule has 2 nitrogen and oxygen atoms in total. The summed E-state index contributed by atoms with van der Waals surface area (Å²) in [5.74, 6) is -0.508. The minimum atomic E-state index is -0.325. The van der Waals surface area contributed by atoms with Crippen molar-refractivity contribution in [1.82, 2.24) is 0 Å². The monoisotopic (exact) mass is 389 g/mol. The number of carbonyl (C=O) groups excluding carboxylic acids is 1. The Bertz CT molecular complexity index is 618. The van der Waals surface area contributed by atoms with E-state index in [0.717, 1.165) is 5.56 Å². The number of anilines is 1. The van der Waals surface area contributed by atoms with E-state index in [1.54, 1.807) is 18.2 Å². The maximum absolute atomic E-state index is 12.9. The lowest BCUT2D eigenvalue weighted by atomic mass is 10.1. The molecule has 0 aliphatic carbocycles. The second-order valence-electron chi connectivity index (χ2n) is 3.94. The normalized spacial score (nSPS) is 10.3. The Morgan fingerprint density at radius 3 is 2.68 bits per heavy atom. The van der Waals surface area contributed by atoms with Crippen LogP contribution in [0.3, 0.4) is 0 Å². The van der Waals surface area contributed by atoms with Crippen molar-refractivity contribution in [3.63, 3.8) is 0 Å². The van der Waals surface area contributed by atoms with E-state index in [1.165, 1.54) is 12.1 Å². The van der Waals surface area contributed by atoms with Crippen molar-refractivity contribution in [3.05, 3.63) is 62.4 Å². The summed E-state index contributed by atoms with van der Waals surface area (Å²) in [6.07, 6.45) is 0.188. The highest BCUT2D eigenvalue weighted by Crippen LogP contribution is 2.20. The van der Waals surface area contributed by atoms with E-state index < -0.39 is 0 Å². The third-order valence-corrected chi connectivity index (χ3v) is 3.78. The van der Waals surface area contributed by atoms with Gasteiger partial charge in [0.1, 0.15) is 5.82 Å². The number of carbonyl (C=O) groups is 1. The van der Waals surface area contributed by atoms with Crippen molar-refractivity contribution in [2.24, 2.45) is 0 Å². The molecule has 2 aromatic rings. The number of hydrogen-bond acceptors (Lipinski definition) is 1. The summed E-state index contributed by atoms with van der Waals surface area (Å²) in [7, 11) is 0. The molecule has 0 aromatic heterocycles. The Labute approximate surface area is 129 Å². The van der Waals surface area contributed by atoms with E-state index in [0.29, 0.717) is 14.3 Å². The van der Waals surface area contributed by atoms with Crippen molar-refractivity contribution in [2.75, 3.05) is 5.32 Å². The Morgan fingerprint density at radius 1 is 1.26 bits per heavy atom. The van der Waals surface area contributed by atoms with Gasteiger partial charge in [-0.05, 0) is 52.4 Å². The number of hydrogen-bond donors (Lipinski definition) is 1. The molecule has 0 saturated heterocycles. The molecule has 0 fully saturated rings. The fourth-order valence-electron chi connectivity index (χ4n) is 1.60. The topological polar surface area (TPSA) is 29.1 Å². The summed E-state index contributed by atoms with van der Waals surface area (Å²) in [5.41, 5.74) is 1.36. The zero-order valence-corrected chi connectivity index (χ0v) is 12.7. The van der Waals surface area contributed by atoms with Gasteiger partial charge in [0.15, 0.2) is 0 Å². The highest BCUT2D eigenvalue weighted by molar-refractivity contribution is 14.1. The fourth-order valence-corrected chi connectivity index (χ4v) is 2.41. The van der Waals surface area contributed by atoms with Crippen LogP contribution in [0.4, 0.5) is 10.1 Å². The number of nitrogens with one attached hydrogen (secondary N) is 1. The van der Waals surface area contributed by atoms with Crippen LogP contribution in [0.5, 0.6) is 0 Å². The van der Waals surface area contributed by atoms with E-state index in [2.05, 4.69) is 5.32 Å². The first-order valence-electron chi connectivity index (χ1n) is 5.54. The van der Waals surface area contributed by atoms with Crippen molar-refractivity contribution < 1.29 is 9.18 Å². The van der Waals surface area contributed by atoms with Gasteiger partial charge in [-0.2, -0.15) is 0 Å². The summed E-state index contributed by atoms with van der Waals surface area (Å²) in [5, 5.41) is 3.30. The molecule has 2 aromatic carbocycles. The molecule has 0 spiro atoms. The van der Waals surface area contributed by atoms with Crippen LogP contribution in [0.25, 0.3) is 0 Å². The minimum absolute atomic E-state index is 0.183. The molecule has 0 bridgehead atoms. The third kappa shape index (κ3) is 3.91. The first-order chi connectivity index (χ1) is 9.06. The second kappa shape index (κ2) is 6.34. The van der Waals surface area contributed by atoms with Gasteiger partial charge in [0.05, 0.1) is 12.1 Å². The Kier molecular flexibility index (Phi) is 4.76. The first-order valence-corrected chi connectivity index (χ1v) is 7.00. The molecule has 1 N–H and O–H groups in total. The van der Waals surface area contributed by atoms with Gasteiger partial charge in [0, 0.05) is 8.59 Å². The molecule has 98 valence electrons. The van der Waals surface area contributed by atoms with E-state index in [-0.39, 0.29) is 18.1 Å². The van der Waals surface area contributed by atoms with E-state index in [1.807, 2.05) is 34.7 Å². The van der Waals surface area contributed by atoms with Crippen molar-refractivity contribution in [3.8, 4) is 0 Å². The smallest absolute Gasteiger partial charge is 0.228 e. The molecule has 2 rings (SSSR count). The molecular weight excluding hydrogens is 380 g/mol. The zero-order chi connectivity index (χ0) is 13.8. The van der Waals surface area contributed by atoms with E-state index in [4.69, 9.17) is 11.6 Å². The largest absolute Gasteiger partial charge is 0.325 e. The van der Waals surface area contributed by atoms with Gasteiger partial charge in [-0.1, -0.05) is 29.8 Å². The van der Waals surface area contributed by atoms with Gasteiger partial charge in [-0.15, -0.1) is 0 Å². The minimum Gasteiger partial charge on any atom is -0.325 e. The number of halogens is 3. The lowest BCUT2D eigenvalue weighted by Crippen LogP contribution is -2.15. The third-order valence-electron chi connectivity index (χ3n) is 2.51. The fraction of sp³-hybridized carbons (Fsp3) is 0.0714. The predicted molar refractivity (Wildman–Crippen MR) is 82.9 cm³/mol. The van der Waals surface area contributed by atoms with Crippen molar-refractivity contribution >= 4 is 45.8 Å². The van der Waals surface area contributed by atoms with E-state index in [9.17, 15) is 9.18 Å². The molecule has 5 heteroatoms. The molecule has 19 heavy (non-hydrogen) atoms. The van der Waals surface area contributed by atoms with Gasteiger partial charge < -0.3 is 5.32 Å². The lowest BCUT2D eigenvalue weighted by Gasteiger charge is -2.08. The Hall–Kier alpha value is -1.14. The zero-order valence-electron chi connectivity index (χ0n) is 9.79. The highest BCUT2D eigenvalue weighted by Gasteiger charge is 2.09. The van der Waals surface area contributed by atoms with Crippen molar-refractivity contribution in [1.29, 1.82) is 0 Å². The lowest BCUT2D eigenvalue weighted by molar-refractivity contribution is -0.115. The molecule has 0 atom stereocenters. The Morgan fingerprint density at radius 2 is 2.00 bits per heavy atom. The van der Waals surface area contributed by atoms with Crippen LogP contribution in [0.1, 0.15) is 5.56 Å². The molecule has 0 unspecified atom stereocenters. The van der Waals surface area contributed by atoms with Crippen LogP contribution in [-0.2, 0) is 11.2 Å². The van der Waals surface area contributed by atoms with Crippen molar-refractivity contribution in [2.45, 2.75) is 6.42 Å². The first kappa shape index (κ1) is 14.3.